The van der Waals surface area contributed by atoms with Crippen molar-refractivity contribution in [1.82, 2.24) is 0 Å². The first kappa shape index (κ1) is 41.8. The number of hydrogen-bond acceptors (Lipinski definition) is 3. The van der Waals surface area contributed by atoms with Gasteiger partial charge in [0, 0.05) is 55.1 Å². The topological polar surface area (TPSA) is 29.5 Å². The van der Waals surface area contributed by atoms with Crippen molar-refractivity contribution in [1.29, 1.82) is 0 Å². The molecule has 0 spiro atoms. The third-order valence-corrected chi connectivity index (χ3v) is 15.1. The van der Waals surface area contributed by atoms with Crippen molar-refractivity contribution in [2.24, 2.45) is 0 Å². The lowest BCUT2D eigenvalue weighted by Gasteiger charge is -2.27. The first-order chi connectivity index (χ1) is 35.5. The van der Waals surface area contributed by atoms with Gasteiger partial charge in [0.1, 0.15) is 22.3 Å². The minimum Gasteiger partial charge on any atom is -0.456 e. The van der Waals surface area contributed by atoms with Gasteiger partial charge in [-0.15, -0.1) is 0 Å². The van der Waals surface area contributed by atoms with Gasteiger partial charge in [0.2, 0.25) is 0 Å². The van der Waals surface area contributed by atoms with Crippen LogP contribution in [0.25, 0.3) is 111 Å². The zero-order valence-electron chi connectivity index (χ0n) is 39.9. The molecule has 14 rings (SSSR count). The Labute approximate surface area is 418 Å². The molecule has 72 heavy (non-hydrogen) atoms. The summed E-state index contributed by atoms with van der Waals surface area (Å²) in [6.45, 7) is 4.68. The lowest BCUT2D eigenvalue weighted by Crippen LogP contribution is -2.15. The smallest absolute Gasteiger partial charge is 0.136 e. The number of nitrogens with zero attached hydrogens (tertiary/aromatic N) is 1. The van der Waals surface area contributed by atoms with Crippen LogP contribution in [0.4, 0.5) is 17.1 Å². The lowest BCUT2D eigenvalue weighted by atomic mass is 9.82. The molecule has 0 amide bonds. The van der Waals surface area contributed by atoms with Crippen molar-refractivity contribution in [2.45, 2.75) is 19.3 Å². The summed E-state index contributed by atoms with van der Waals surface area (Å²) in [5.41, 5.74) is 23.3. The fourth-order valence-corrected chi connectivity index (χ4v) is 11.6. The van der Waals surface area contributed by atoms with Crippen LogP contribution in [0, 0.1) is 0 Å². The largest absolute Gasteiger partial charge is 0.456 e. The van der Waals surface area contributed by atoms with Gasteiger partial charge in [-0.05, 0) is 140 Å². The van der Waals surface area contributed by atoms with E-state index in [4.69, 9.17) is 8.83 Å². The van der Waals surface area contributed by atoms with E-state index in [-0.39, 0.29) is 5.41 Å². The Bertz CT molecular complexity index is 4200. The van der Waals surface area contributed by atoms with Crippen molar-refractivity contribution < 1.29 is 8.83 Å². The standard InChI is InChI=1S/C69H47NO2/c1-69(2)59-22-12-9-19-53(59)58-43-52(37-40-60(58)69)70(50-33-29-47(30-34-50)45-17-7-4-8-18-45)51-35-31-49(32-36-51)66-55(39-42-64-68(66)57-21-11-14-24-62(57)72-64)54-38-41-63-67(56-20-10-13-23-61(56)71-63)65(54)48-27-25-46(26-28-48)44-15-5-3-6-16-44/h3-43H,1-2H3. The predicted molar refractivity (Wildman–Crippen MR) is 300 cm³/mol. The molecule has 0 N–H and O–H groups in total. The number of para-hydroxylation sites is 2. The molecule has 13 aromatic rings. The number of hydrogen-bond donors (Lipinski definition) is 0. The van der Waals surface area contributed by atoms with E-state index >= 15 is 0 Å². The number of fused-ring (bicyclic) bond motifs is 9. The summed E-state index contributed by atoms with van der Waals surface area (Å²) in [4.78, 5) is 2.40. The molecule has 0 saturated heterocycles. The molecule has 0 aliphatic heterocycles. The predicted octanol–water partition coefficient (Wildman–Crippen LogP) is 19.6. The second-order valence-electron chi connectivity index (χ2n) is 19.6. The lowest BCUT2D eigenvalue weighted by molar-refractivity contribution is 0.660. The molecule has 11 aromatic carbocycles. The summed E-state index contributed by atoms with van der Waals surface area (Å²) in [6, 6.07) is 89.9. The van der Waals surface area contributed by atoms with Gasteiger partial charge >= 0.3 is 0 Å². The highest BCUT2D eigenvalue weighted by molar-refractivity contribution is 6.20. The van der Waals surface area contributed by atoms with Crippen LogP contribution in [0.15, 0.2) is 258 Å². The molecule has 0 fully saturated rings. The third-order valence-electron chi connectivity index (χ3n) is 15.1. The highest BCUT2D eigenvalue weighted by atomic mass is 16.3. The van der Waals surface area contributed by atoms with Crippen LogP contribution in [-0.4, -0.2) is 0 Å². The van der Waals surface area contributed by atoms with Crippen molar-refractivity contribution >= 4 is 60.9 Å². The highest BCUT2D eigenvalue weighted by Crippen LogP contribution is 2.52. The van der Waals surface area contributed by atoms with Gasteiger partial charge in [-0.2, -0.15) is 0 Å². The van der Waals surface area contributed by atoms with Crippen LogP contribution in [0.1, 0.15) is 25.0 Å². The van der Waals surface area contributed by atoms with Crippen molar-refractivity contribution in [3.8, 4) is 66.8 Å². The van der Waals surface area contributed by atoms with Crippen LogP contribution < -0.4 is 4.90 Å². The summed E-state index contributed by atoms with van der Waals surface area (Å²) in [7, 11) is 0. The second-order valence-corrected chi connectivity index (χ2v) is 19.6. The zero-order valence-corrected chi connectivity index (χ0v) is 39.9. The van der Waals surface area contributed by atoms with E-state index < -0.39 is 0 Å². The van der Waals surface area contributed by atoms with Gasteiger partial charge in [0.15, 0.2) is 0 Å². The molecule has 0 radical (unpaired) electrons. The molecule has 0 atom stereocenters. The van der Waals surface area contributed by atoms with E-state index in [0.29, 0.717) is 0 Å². The molecule has 1 aliphatic rings. The first-order valence-corrected chi connectivity index (χ1v) is 24.8. The molecule has 1 aliphatic carbocycles. The highest BCUT2D eigenvalue weighted by Gasteiger charge is 2.35. The van der Waals surface area contributed by atoms with Gasteiger partial charge < -0.3 is 13.7 Å². The molecule has 3 nitrogen and oxygen atoms in total. The van der Waals surface area contributed by atoms with Gasteiger partial charge in [-0.3, -0.25) is 0 Å². The Kier molecular flexibility index (Phi) is 9.56. The number of anilines is 3. The average molecular weight is 922 g/mol. The normalized spacial score (nSPS) is 12.7. The minimum atomic E-state index is -0.0923. The fraction of sp³-hybridized carbons (Fsp3) is 0.0435. The van der Waals surface area contributed by atoms with Crippen LogP contribution >= 0.6 is 0 Å². The minimum absolute atomic E-state index is 0.0923. The second kappa shape index (κ2) is 16.5. The van der Waals surface area contributed by atoms with E-state index in [0.717, 1.165) is 94.3 Å². The van der Waals surface area contributed by atoms with E-state index in [2.05, 4.69) is 261 Å². The quantitative estimate of drug-likeness (QED) is 0.152. The van der Waals surface area contributed by atoms with Gasteiger partial charge in [-0.25, -0.2) is 0 Å². The number of benzene rings is 11. The number of furan rings is 2. The molecule has 0 unspecified atom stereocenters. The fourth-order valence-electron chi connectivity index (χ4n) is 11.6. The maximum absolute atomic E-state index is 6.66. The van der Waals surface area contributed by atoms with E-state index in [1.165, 1.54) is 44.5 Å². The van der Waals surface area contributed by atoms with Gasteiger partial charge in [0.25, 0.3) is 0 Å². The summed E-state index contributed by atoms with van der Waals surface area (Å²) in [5.74, 6) is 0. The van der Waals surface area contributed by atoms with Crippen LogP contribution in [0.2, 0.25) is 0 Å². The van der Waals surface area contributed by atoms with Gasteiger partial charge in [-0.1, -0.05) is 190 Å². The van der Waals surface area contributed by atoms with E-state index in [1.54, 1.807) is 0 Å². The summed E-state index contributed by atoms with van der Waals surface area (Å²) >= 11 is 0. The van der Waals surface area contributed by atoms with Crippen LogP contribution in [-0.2, 0) is 5.41 Å². The van der Waals surface area contributed by atoms with E-state index in [1.807, 2.05) is 6.07 Å². The molecule has 3 heteroatoms. The van der Waals surface area contributed by atoms with E-state index in [9.17, 15) is 0 Å². The third kappa shape index (κ3) is 6.66. The summed E-state index contributed by atoms with van der Waals surface area (Å²) in [6.07, 6.45) is 0. The van der Waals surface area contributed by atoms with Crippen molar-refractivity contribution in [3.63, 3.8) is 0 Å². The Hall–Kier alpha value is -9.18. The molecule has 340 valence electrons. The molecular formula is C69H47NO2. The molecule has 0 saturated carbocycles. The molecule has 2 aromatic heterocycles. The van der Waals surface area contributed by atoms with Crippen molar-refractivity contribution in [3.05, 3.63) is 260 Å². The molecule has 2 heterocycles. The monoisotopic (exact) mass is 921 g/mol. The molecule has 0 bridgehead atoms. The maximum Gasteiger partial charge on any atom is 0.136 e. The van der Waals surface area contributed by atoms with Crippen LogP contribution in [0.3, 0.4) is 0 Å². The van der Waals surface area contributed by atoms with Crippen molar-refractivity contribution in [2.75, 3.05) is 4.90 Å². The Balaban J connectivity index is 0.969. The van der Waals surface area contributed by atoms with Crippen LogP contribution in [0.5, 0.6) is 0 Å². The SMILES string of the molecule is CC1(C)c2ccccc2-c2cc(N(c3ccc(-c4ccccc4)cc3)c3ccc(-c4c(-c5ccc6oc7ccccc7c6c5-c5ccc(-c6ccccc6)cc5)ccc5oc6ccccc6c45)cc3)ccc21. The Morgan fingerprint density at radius 2 is 0.694 bits per heavy atom. The molecular weight excluding hydrogens is 875 g/mol. The zero-order chi connectivity index (χ0) is 47.9. The summed E-state index contributed by atoms with van der Waals surface area (Å²) < 4.78 is 13.3. The number of rotatable bonds is 8. The Morgan fingerprint density at radius 3 is 1.24 bits per heavy atom. The Morgan fingerprint density at radius 1 is 0.292 bits per heavy atom. The first-order valence-electron chi connectivity index (χ1n) is 24.8. The maximum atomic E-state index is 6.66. The summed E-state index contributed by atoms with van der Waals surface area (Å²) in [5, 5.41) is 4.36. The average Bonchev–Trinajstić information content (AvgIpc) is 4.09. The van der Waals surface area contributed by atoms with Gasteiger partial charge in [0.05, 0.1) is 0 Å².